The molecule has 1 unspecified atom stereocenters. The molecule has 2 heterocycles. The van der Waals surface area contributed by atoms with Gasteiger partial charge >= 0.3 is 0 Å². The molecule has 0 saturated carbocycles. The normalized spacial score (nSPS) is 25.1. The molecule has 1 aromatic rings. The molecule has 0 spiro atoms. The fourth-order valence-electron chi connectivity index (χ4n) is 2.02. The maximum absolute atomic E-state index is 5.74. The van der Waals surface area contributed by atoms with Crippen molar-refractivity contribution in [2.45, 2.75) is 38.7 Å². The first kappa shape index (κ1) is 11.6. The number of nitrogens with one attached hydrogen (secondary N) is 1. The molecule has 1 saturated heterocycles. The van der Waals surface area contributed by atoms with Crippen LogP contribution in [-0.2, 0) is 16.8 Å². The van der Waals surface area contributed by atoms with Gasteiger partial charge in [0.25, 0.3) is 0 Å². The van der Waals surface area contributed by atoms with Crippen LogP contribution in [0.25, 0.3) is 0 Å². The summed E-state index contributed by atoms with van der Waals surface area (Å²) in [6, 6.07) is 0. The van der Waals surface area contributed by atoms with E-state index in [0.717, 1.165) is 50.6 Å². The van der Waals surface area contributed by atoms with Crippen LogP contribution in [0.1, 0.15) is 38.3 Å². The number of aromatic nitrogens is 1. The Kier molecular flexibility index (Phi) is 3.61. The summed E-state index contributed by atoms with van der Waals surface area (Å²) in [6.07, 6.45) is 4.77. The van der Waals surface area contributed by atoms with Gasteiger partial charge in [0.2, 0.25) is 0 Å². The smallest absolute Gasteiger partial charge is 0.195 e. The molecule has 16 heavy (non-hydrogen) atoms. The van der Waals surface area contributed by atoms with Crippen LogP contribution >= 0.6 is 0 Å². The van der Waals surface area contributed by atoms with E-state index < -0.39 is 0 Å². The maximum Gasteiger partial charge on any atom is 0.195 e. The SMILES string of the molecule is CCNCCc1ncc(C2(C)CCCO2)o1. The van der Waals surface area contributed by atoms with Gasteiger partial charge in [0, 0.05) is 19.6 Å². The highest BCUT2D eigenvalue weighted by molar-refractivity contribution is 5.07. The van der Waals surface area contributed by atoms with E-state index in [-0.39, 0.29) is 5.60 Å². The van der Waals surface area contributed by atoms with E-state index in [0.29, 0.717) is 0 Å². The standard InChI is InChI=1S/C12H20N2O2/c1-3-13-7-5-11-14-9-10(16-11)12(2)6-4-8-15-12/h9,13H,3-8H2,1-2H3. The summed E-state index contributed by atoms with van der Waals surface area (Å²) in [5.74, 6) is 1.67. The summed E-state index contributed by atoms with van der Waals surface area (Å²) < 4.78 is 11.5. The fourth-order valence-corrected chi connectivity index (χ4v) is 2.02. The van der Waals surface area contributed by atoms with E-state index in [1.807, 2.05) is 6.20 Å². The number of oxazole rings is 1. The Balaban J connectivity index is 1.96. The average molecular weight is 224 g/mol. The van der Waals surface area contributed by atoms with Crippen LogP contribution in [0, 0.1) is 0 Å². The van der Waals surface area contributed by atoms with E-state index in [1.165, 1.54) is 0 Å². The zero-order valence-electron chi connectivity index (χ0n) is 10.1. The van der Waals surface area contributed by atoms with Crippen molar-refractivity contribution in [2.24, 2.45) is 0 Å². The first-order chi connectivity index (χ1) is 7.74. The molecule has 1 aromatic heterocycles. The lowest BCUT2D eigenvalue weighted by atomic mass is 10.0. The molecule has 1 aliphatic rings. The fraction of sp³-hybridized carbons (Fsp3) is 0.750. The number of ether oxygens (including phenoxy) is 1. The molecule has 1 aliphatic heterocycles. The minimum Gasteiger partial charge on any atom is -0.443 e. The van der Waals surface area contributed by atoms with Gasteiger partial charge in [0.05, 0.1) is 6.20 Å². The Labute approximate surface area is 96.4 Å². The Bertz CT molecular complexity index is 330. The molecule has 0 bridgehead atoms. The van der Waals surface area contributed by atoms with Crippen LogP contribution < -0.4 is 5.32 Å². The summed E-state index contributed by atoms with van der Waals surface area (Å²) in [5.41, 5.74) is -0.247. The predicted octanol–water partition coefficient (Wildman–Crippen LogP) is 1.85. The van der Waals surface area contributed by atoms with Crippen molar-refractivity contribution in [3.63, 3.8) is 0 Å². The molecule has 4 nitrogen and oxygen atoms in total. The second kappa shape index (κ2) is 4.97. The quantitative estimate of drug-likeness (QED) is 0.775. The molecule has 0 aromatic carbocycles. The molecule has 4 heteroatoms. The molecule has 1 atom stereocenters. The third kappa shape index (κ3) is 2.44. The van der Waals surface area contributed by atoms with Crippen molar-refractivity contribution in [3.8, 4) is 0 Å². The highest BCUT2D eigenvalue weighted by Crippen LogP contribution is 2.35. The molecule has 1 N–H and O–H groups in total. The molecule has 0 radical (unpaired) electrons. The molecule has 0 aliphatic carbocycles. The highest BCUT2D eigenvalue weighted by Gasteiger charge is 2.35. The second-order valence-electron chi connectivity index (χ2n) is 4.40. The van der Waals surface area contributed by atoms with Crippen molar-refractivity contribution >= 4 is 0 Å². The minimum absolute atomic E-state index is 0.247. The Morgan fingerprint density at radius 3 is 3.12 bits per heavy atom. The summed E-state index contributed by atoms with van der Waals surface area (Å²) in [5, 5.41) is 3.25. The van der Waals surface area contributed by atoms with Gasteiger partial charge in [-0.1, -0.05) is 6.92 Å². The van der Waals surface area contributed by atoms with E-state index in [1.54, 1.807) is 0 Å². The van der Waals surface area contributed by atoms with Gasteiger partial charge in [-0.2, -0.15) is 0 Å². The Morgan fingerprint density at radius 1 is 1.56 bits per heavy atom. The third-order valence-electron chi connectivity index (χ3n) is 3.06. The molecular weight excluding hydrogens is 204 g/mol. The highest BCUT2D eigenvalue weighted by atomic mass is 16.5. The largest absolute Gasteiger partial charge is 0.443 e. The van der Waals surface area contributed by atoms with Crippen molar-refractivity contribution in [1.82, 2.24) is 10.3 Å². The van der Waals surface area contributed by atoms with E-state index in [4.69, 9.17) is 9.15 Å². The zero-order chi connectivity index (χ0) is 11.4. The molecular formula is C12H20N2O2. The summed E-state index contributed by atoms with van der Waals surface area (Å²) in [4.78, 5) is 4.29. The third-order valence-corrected chi connectivity index (χ3v) is 3.06. The van der Waals surface area contributed by atoms with Gasteiger partial charge in [0.1, 0.15) is 5.60 Å². The van der Waals surface area contributed by atoms with Gasteiger partial charge in [-0.05, 0) is 26.3 Å². The van der Waals surface area contributed by atoms with Crippen molar-refractivity contribution in [3.05, 3.63) is 17.8 Å². The first-order valence-electron chi connectivity index (χ1n) is 6.04. The van der Waals surface area contributed by atoms with E-state index in [2.05, 4.69) is 24.1 Å². The maximum atomic E-state index is 5.74. The molecule has 90 valence electrons. The van der Waals surface area contributed by atoms with Crippen molar-refractivity contribution < 1.29 is 9.15 Å². The second-order valence-corrected chi connectivity index (χ2v) is 4.40. The number of nitrogens with zero attached hydrogens (tertiary/aromatic N) is 1. The van der Waals surface area contributed by atoms with Crippen LogP contribution in [0.3, 0.4) is 0 Å². The number of rotatable bonds is 5. The summed E-state index contributed by atoms with van der Waals surface area (Å²) >= 11 is 0. The minimum atomic E-state index is -0.247. The number of likely N-dealkylation sites (N-methyl/N-ethyl adjacent to an activating group) is 1. The number of hydrogen-bond donors (Lipinski definition) is 1. The Hall–Kier alpha value is -0.870. The average Bonchev–Trinajstić information content (AvgIpc) is 2.88. The lowest BCUT2D eigenvalue weighted by Crippen LogP contribution is -2.19. The lowest BCUT2D eigenvalue weighted by molar-refractivity contribution is -0.00163. The molecule has 2 rings (SSSR count). The van der Waals surface area contributed by atoms with Gasteiger partial charge < -0.3 is 14.5 Å². The van der Waals surface area contributed by atoms with Crippen molar-refractivity contribution in [2.75, 3.05) is 19.7 Å². The summed E-state index contributed by atoms with van der Waals surface area (Å²) in [7, 11) is 0. The van der Waals surface area contributed by atoms with E-state index >= 15 is 0 Å². The summed E-state index contributed by atoms with van der Waals surface area (Å²) in [6.45, 7) is 6.88. The van der Waals surface area contributed by atoms with Crippen LogP contribution in [-0.4, -0.2) is 24.7 Å². The van der Waals surface area contributed by atoms with Crippen LogP contribution in [0.15, 0.2) is 10.6 Å². The number of hydrogen-bond acceptors (Lipinski definition) is 4. The lowest BCUT2D eigenvalue weighted by Gasteiger charge is -2.19. The van der Waals surface area contributed by atoms with Gasteiger partial charge in [0.15, 0.2) is 11.7 Å². The topological polar surface area (TPSA) is 47.3 Å². The first-order valence-corrected chi connectivity index (χ1v) is 6.04. The van der Waals surface area contributed by atoms with E-state index in [9.17, 15) is 0 Å². The van der Waals surface area contributed by atoms with Crippen LogP contribution in [0.4, 0.5) is 0 Å². The zero-order valence-corrected chi connectivity index (χ0v) is 10.1. The van der Waals surface area contributed by atoms with Gasteiger partial charge in [-0.3, -0.25) is 0 Å². The van der Waals surface area contributed by atoms with Crippen LogP contribution in [0.2, 0.25) is 0 Å². The van der Waals surface area contributed by atoms with Gasteiger partial charge in [-0.25, -0.2) is 4.98 Å². The van der Waals surface area contributed by atoms with Crippen molar-refractivity contribution in [1.29, 1.82) is 0 Å². The Morgan fingerprint density at radius 2 is 2.44 bits per heavy atom. The predicted molar refractivity (Wildman–Crippen MR) is 61.3 cm³/mol. The van der Waals surface area contributed by atoms with Gasteiger partial charge in [-0.15, -0.1) is 0 Å². The molecule has 1 fully saturated rings. The van der Waals surface area contributed by atoms with Crippen LogP contribution in [0.5, 0.6) is 0 Å². The molecule has 0 amide bonds. The monoisotopic (exact) mass is 224 g/mol.